The number of aliphatic hydroxyl groups is 1. The number of carboxylic acids is 1. The number of nitrogens with zero attached hydrogens (tertiary/aromatic N) is 2. The minimum absolute atomic E-state index is 0.0412. The maximum atomic E-state index is 12.6. The first kappa shape index (κ1) is 15.4. The van der Waals surface area contributed by atoms with E-state index in [0.29, 0.717) is 31.2 Å². The molecule has 3 atom stereocenters. The third-order valence-corrected chi connectivity index (χ3v) is 5.49. The molecular formula is C13H22N2O4S. The number of hydrogen-bond donors (Lipinski definition) is 2. The summed E-state index contributed by atoms with van der Waals surface area (Å²) >= 11 is 1.54. The number of carbonyl (C=O) groups excluding carboxylic acids is 1. The first-order chi connectivity index (χ1) is 9.58. The third kappa shape index (κ3) is 3.03. The molecule has 114 valence electrons. The highest BCUT2D eigenvalue weighted by Crippen LogP contribution is 2.33. The first-order valence-corrected chi connectivity index (χ1v) is 8.15. The summed E-state index contributed by atoms with van der Waals surface area (Å²) in [6.45, 7) is 3.40. The Balaban J connectivity index is 2.04. The molecule has 2 rings (SSSR count). The lowest BCUT2D eigenvalue weighted by Gasteiger charge is -2.31. The summed E-state index contributed by atoms with van der Waals surface area (Å²) in [6, 6.07) is -0.871. The molecule has 2 aliphatic heterocycles. The van der Waals surface area contributed by atoms with E-state index < -0.39 is 12.0 Å². The Morgan fingerprint density at radius 3 is 2.75 bits per heavy atom. The Morgan fingerprint density at radius 1 is 1.40 bits per heavy atom. The van der Waals surface area contributed by atoms with Crippen LogP contribution in [0.15, 0.2) is 0 Å². The van der Waals surface area contributed by atoms with E-state index in [2.05, 4.69) is 0 Å². The molecule has 2 aliphatic rings. The predicted molar refractivity (Wildman–Crippen MR) is 76.6 cm³/mol. The summed E-state index contributed by atoms with van der Waals surface area (Å²) < 4.78 is 0. The van der Waals surface area contributed by atoms with Crippen molar-refractivity contribution in [3.05, 3.63) is 0 Å². The van der Waals surface area contributed by atoms with Crippen LogP contribution in [0, 0.1) is 5.92 Å². The van der Waals surface area contributed by atoms with Crippen molar-refractivity contribution in [2.75, 3.05) is 25.4 Å². The van der Waals surface area contributed by atoms with Crippen LogP contribution in [0.25, 0.3) is 0 Å². The summed E-state index contributed by atoms with van der Waals surface area (Å²) in [5.74, 6) is -0.122. The second kappa shape index (κ2) is 6.67. The van der Waals surface area contributed by atoms with Crippen LogP contribution in [-0.2, 0) is 4.79 Å². The second-order valence-corrected chi connectivity index (χ2v) is 6.56. The lowest BCUT2D eigenvalue weighted by Crippen LogP contribution is -2.51. The van der Waals surface area contributed by atoms with E-state index in [1.807, 2.05) is 6.92 Å². The molecule has 0 aromatic carbocycles. The number of likely N-dealkylation sites (tertiary alicyclic amines) is 1. The fourth-order valence-electron chi connectivity index (χ4n) is 2.91. The molecule has 0 aliphatic carbocycles. The van der Waals surface area contributed by atoms with Gasteiger partial charge in [0.2, 0.25) is 0 Å². The summed E-state index contributed by atoms with van der Waals surface area (Å²) in [6.07, 6.45) is 2.36. The van der Waals surface area contributed by atoms with E-state index in [9.17, 15) is 14.7 Å². The van der Waals surface area contributed by atoms with E-state index >= 15 is 0 Å². The van der Waals surface area contributed by atoms with Gasteiger partial charge < -0.3 is 15.1 Å². The number of thioether (sulfide) groups is 1. The molecule has 7 heteroatoms. The van der Waals surface area contributed by atoms with Gasteiger partial charge in [0.15, 0.2) is 0 Å². The zero-order valence-corrected chi connectivity index (χ0v) is 12.5. The quantitative estimate of drug-likeness (QED) is 0.811. The normalized spacial score (nSPS) is 30.0. The Kier molecular flexibility index (Phi) is 5.15. The van der Waals surface area contributed by atoms with Gasteiger partial charge in [-0.15, -0.1) is 11.8 Å². The van der Waals surface area contributed by atoms with Crippen molar-refractivity contribution in [1.82, 2.24) is 9.80 Å². The van der Waals surface area contributed by atoms with Crippen LogP contribution >= 0.6 is 11.8 Å². The van der Waals surface area contributed by atoms with Gasteiger partial charge in [0.05, 0.1) is 5.37 Å². The maximum absolute atomic E-state index is 12.6. The Hall–Kier alpha value is -0.950. The molecule has 3 unspecified atom stereocenters. The van der Waals surface area contributed by atoms with Crippen molar-refractivity contribution in [3.63, 3.8) is 0 Å². The average Bonchev–Trinajstić information content (AvgIpc) is 3.04. The number of aliphatic hydroxyl groups excluding tert-OH is 1. The molecule has 2 heterocycles. The van der Waals surface area contributed by atoms with Crippen LogP contribution in [-0.4, -0.2) is 68.9 Å². The van der Waals surface area contributed by atoms with Gasteiger partial charge in [0, 0.05) is 25.4 Å². The van der Waals surface area contributed by atoms with Crippen molar-refractivity contribution in [2.24, 2.45) is 5.92 Å². The number of rotatable bonds is 4. The van der Waals surface area contributed by atoms with E-state index in [1.165, 1.54) is 4.90 Å². The van der Waals surface area contributed by atoms with E-state index in [4.69, 9.17) is 5.11 Å². The second-order valence-electron chi connectivity index (χ2n) is 5.35. The summed E-state index contributed by atoms with van der Waals surface area (Å²) in [7, 11) is 0. The highest BCUT2D eigenvalue weighted by molar-refractivity contribution is 8.00. The van der Waals surface area contributed by atoms with Crippen LogP contribution in [0.1, 0.15) is 26.2 Å². The predicted octanol–water partition coefficient (Wildman–Crippen LogP) is 1.05. The molecule has 0 spiro atoms. The zero-order valence-electron chi connectivity index (χ0n) is 11.7. The highest BCUT2D eigenvalue weighted by atomic mass is 32.2. The van der Waals surface area contributed by atoms with Gasteiger partial charge in [-0.3, -0.25) is 4.90 Å². The Labute approximate surface area is 123 Å². The fourth-order valence-corrected chi connectivity index (χ4v) is 4.25. The minimum atomic E-state index is -0.923. The van der Waals surface area contributed by atoms with Crippen LogP contribution < -0.4 is 0 Å². The van der Waals surface area contributed by atoms with Gasteiger partial charge in [-0.25, -0.2) is 9.59 Å². The molecule has 0 aromatic heterocycles. The number of carboxylic acid groups (broad SMARTS) is 1. The summed E-state index contributed by atoms with van der Waals surface area (Å²) in [5.41, 5.74) is 0. The lowest BCUT2D eigenvalue weighted by atomic mass is 10.1. The van der Waals surface area contributed by atoms with Crippen LogP contribution in [0.3, 0.4) is 0 Å². The van der Waals surface area contributed by atoms with Gasteiger partial charge in [0.1, 0.15) is 6.04 Å². The minimum Gasteiger partial charge on any atom is -0.480 e. The maximum Gasteiger partial charge on any atom is 0.327 e. The Morgan fingerprint density at radius 2 is 2.15 bits per heavy atom. The summed E-state index contributed by atoms with van der Waals surface area (Å²) in [5, 5.41) is 18.2. The standard InChI is InChI=1S/C13H22N2O4S/c1-2-11-15(10(8-20-11)12(17)18)13(19)14-5-3-9(7-14)4-6-16/h9-11,16H,2-8H2,1H3,(H,17,18). The topological polar surface area (TPSA) is 81.1 Å². The van der Waals surface area contributed by atoms with Gasteiger partial charge in [-0.2, -0.15) is 0 Å². The van der Waals surface area contributed by atoms with E-state index in [1.54, 1.807) is 16.7 Å². The SMILES string of the molecule is CCC1SCC(C(=O)O)N1C(=O)N1CCC(CCO)C1. The van der Waals surface area contributed by atoms with Gasteiger partial charge >= 0.3 is 12.0 Å². The molecule has 6 nitrogen and oxygen atoms in total. The molecule has 0 saturated carbocycles. The number of urea groups is 1. The first-order valence-electron chi connectivity index (χ1n) is 7.11. The molecule has 2 saturated heterocycles. The van der Waals surface area contributed by atoms with Gasteiger partial charge in [0.25, 0.3) is 0 Å². The van der Waals surface area contributed by atoms with Crippen molar-refractivity contribution in [1.29, 1.82) is 0 Å². The molecule has 2 amide bonds. The fraction of sp³-hybridized carbons (Fsp3) is 0.846. The Bertz CT molecular complexity index is 379. The monoisotopic (exact) mass is 302 g/mol. The smallest absolute Gasteiger partial charge is 0.327 e. The zero-order chi connectivity index (χ0) is 14.7. The van der Waals surface area contributed by atoms with Gasteiger partial charge in [-0.1, -0.05) is 6.92 Å². The van der Waals surface area contributed by atoms with E-state index in [0.717, 1.165) is 12.8 Å². The summed E-state index contributed by atoms with van der Waals surface area (Å²) in [4.78, 5) is 27.2. The molecule has 20 heavy (non-hydrogen) atoms. The van der Waals surface area contributed by atoms with Crippen molar-refractivity contribution in [3.8, 4) is 0 Å². The largest absolute Gasteiger partial charge is 0.480 e. The number of hydrogen-bond acceptors (Lipinski definition) is 4. The van der Waals surface area contributed by atoms with Crippen molar-refractivity contribution in [2.45, 2.75) is 37.6 Å². The molecule has 0 bridgehead atoms. The van der Waals surface area contributed by atoms with Gasteiger partial charge in [-0.05, 0) is 25.2 Å². The number of amides is 2. The molecule has 0 radical (unpaired) electrons. The molecular weight excluding hydrogens is 280 g/mol. The van der Waals surface area contributed by atoms with Crippen molar-refractivity contribution < 1.29 is 19.8 Å². The van der Waals surface area contributed by atoms with Crippen LogP contribution in [0.4, 0.5) is 4.79 Å². The molecule has 2 fully saturated rings. The number of carbonyl (C=O) groups is 2. The average molecular weight is 302 g/mol. The van der Waals surface area contributed by atoms with Crippen LogP contribution in [0.5, 0.6) is 0 Å². The highest BCUT2D eigenvalue weighted by Gasteiger charge is 2.43. The lowest BCUT2D eigenvalue weighted by molar-refractivity contribution is -0.141. The third-order valence-electron chi connectivity index (χ3n) is 4.04. The van der Waals surface area contributed by atoms with Crippen molar-refractivity contribution >= 4 is 23.8 Å². The van der Waals surface area contributed by atoms with E-state index in [-0.39, 0.29) is 18.0 Å². The number of aliphatic carboxylic acids is 1. The molecule has 0 aromatic rings. The molecule has 2 N–H and O–H groups in total. The van der Waals surface area contributed by atoms with Crippen LogP contribution in [0.2, 0.25) is 0 Å².